The summed E-state index contributed by atoms with van der Waals surface area (Å²) in [5.41, 5.74) is 0.819. The zero-order valence-electron chi connectivity index (χ0n) is 13.5. The minimum Gasteiger partial charge on any atom is -0.387 e. The number of piperazine rings is 1. The second kappa shape index (κ2) is 8.85. The number of aliphatic hydroxyl groups excluding tert-OH is 1. The summed E-state index contributed by atoms with van der Waals surface area (Å²) in [5, 5.41) is 11.1. The van der Waals surface area contributed by atoms with Crippen LogP contribution in [-0.4, -0.2) is 67.4 Å². The maximum atomic E-state index is 10.5. The van der Waals surface area contributed by atoms with Crippen LogP contribution >= 0.6 is 11.6 Å². The first-order chi connectivity index (χ1) is 10.7. The second-order valence-corrected chi connectivity index (χ2v) is 6.29. The van der Waals surface area contributed by atoms with Gasteiger partial charge in [-0.15, -0.1) is 0 Å². The smallest absolute Gasteiger partial charge is 0.0931 e. The Morgan fingerprint density at radius 1 is 1.36 bits per heavy atom. The van der Waals surface area contributed by atoms with Crippen molar-refractivity contribution >= 4 is 11.6 Å². The molecule has 1 heterocycles. The van der Waals surface area contributed by atoms with Gasteiger partial charge < -0.3 is 9.84 Å². The van der Waals surface area contributed by atoms with E-state index < -0.39 is 6.10 Å². The number of ether oxygens (including phenoxy) is 1. The maximum Gasteiger partial charge on any atom is 0.0931 e. The van der Waals surface area contributed by atoms with Crippen LogP contribution in [0.5, 0.6) is 0 Å². The molecule has 0 unspecified atom stereocenters. The third-order valence-corrected chi connectivity index (χ3v) is 4.78. The molecule has 22 heavy (non-hydrogen) atoms. The molecule has 1 aromatic carbocycles. The van der Waals surface area contributed by atoms with Crippen LogP contribution in [0.15, 0.2) is 24.3 Å². The Labute approximate surface area is 138 Å². The van der Waals surface area contributed by atoms with Crippen molar-refractivity contribution in [3.8, 4) is 0 Å². The molecule has 1 fully saturated rings. The van der Waals surface area contributed by atoms with Gasteiger partial charge in [0, 0.05) is 56.5 Å². The Morgan fingerprint density at radius 2 is 2.14 bits per heavy atom. The fraction of sp³-hybridized carbons (Fsp3) is 0.647. The van der Waals surface area contributed by atoms with Crippen molar-refractivity contribution in [3.63, 3.8) is 0 Å². The van der Waals surface area contributed by atoms with E-state index >= 15 is 0 Å². The molecule has 0 spiro atoms. The molecule has 0 amide bonds. The van der Waals surface area contributed by atoms with Crippen LogP contribution in [0, 0.1) is 0 Å². The number of β-amino-alcohol motifs (C(OH)–C–C–N with tert-alkyl or cyclic N) is 1. The van der Waals surface area contributed by atoms with Crippen LogP contribution in [0.1, 0.15) is 25.0 Å². The summed E-state index contributed by atoms with van der Waals surface area (Å²) in [6.45, 7) is 7.60. The highest BCUT2D eigenvalue weighted by atomic mass is 35.5. The summed E-state index contributed by atoms with van der Waals surface area (Å²) in [7, 11) is 1.75. The van der Waals surface area contributed by atoms with Crippen molar-refractivity contribution in [2.75, 3.05) is 46.4 Å². The monoisotopic (exact) mass is 326 g/mol. The lowest BCUT2D eigenvalue weighted by Gasteiger charge is -2.41. The normalized spacial score (nSPS) is 21.9. The first-order valence-corrected chi connectivity index (χ1v) is 8.41. The lowest BCUT2D eigenvalue weighted by molar-refractivity contribution is 0.0260. The molecule has 1 aliphatic rings. The van der Waals surface area contributed by atoms with Crippen LogP contribution < -0.4 is 0 Å². The molecule has 5 heteroatoms. The maximum absolute atomic E-state index is 10.5. The van der Waals surface area contributed by atoms with E-state index in [1.165, 1.54) is 0 Å². The number of hydrogen-bond acceptors (Lipinski definition) is 4. The Bertz CT molecular complexity index is 458. The molecule has 124 valence electrons. The number of hydrogen-bond donors (Lipinski definition) is 1. The Hall–Kier alpha value is -0.650. The number of halogens is 1. The van der Waals surface area contributed by atoms with Gasteiger partial charge in [-0.05, 0) is 12.5 Å². The Balaban J connectivity index is 1.90. The summed E-state index contributed by atoms with van der Waals surface area (Å²) in [6.07, 6.45) is 0.583. The van der Waals surface area contributed by atoms with Crippen LogP contribution in [-0.2, 0) is 4.74 Å². The quantitative estimate of drug-likeness (QED) is 0.835. The van der Waals surface area contributed by atoms with Crippen molar-refractivity contribution in [1.82, 2.24) is 9.80 Å². The Morgan fingerprint density at radius 3 is 2.82 bits per heavy atom. The van der Waals surface area contributed by atoms with Crippen molar-refractivity contribution in [2.45, 2.75) is 25.5 Å². The van der Waals surface area contributed by atoms with Gasteiger partial charge in [-0.1, -0.05) is 36.7 Å². The highest BCUT2D eigenvalue weighted by Crippen LogP contribution is 2.24. The molecule has 0 bridgehead atoms. The second-order valence-electron chi connectivity index (χ2n) is 5.89. The van der Waals surface area contributed by atoms with Gasteiger partial charge in [0.25, 0.3) is 0 Å². The summed E-state index contributed by atoms with van der Waals surface area (Å²) >= 11 is 6.17. The summed E-state index contributed by atoms with van der Waals surface area (Å²) in [5.74, 6) is 0. The third-order valence-electron chi connectivity index (χ3n) is 4.44. The van der Waals surface area contributed by atoms with Crippen molar-refractivity contribution in [3.05, 3.63) is 34.9 Å². The minimum absolute atomic E-state index is 0.530. The number of rotatable bonds is 7. The van der Waals surface area contributed by atoms with Gasteiger partial charge in [0.15, 0.2) is 0 Å². The molecule has 1 aliphatic heterocycles. The molecular formula is C17H27ClN2O2. The van der Waals surface area contributed by atoms with Gasteiger partial charge >= 0.3 is 0 Å². The molecule has 1 aromatic rings. The van der Waals surface area contributed by atoms with Crippen molar-refractivity contribution < 1.29 is 9.84 Å². The lowest BCUT2D eigenvalue weighted by atomic mass is 10.1. The van der Waals surface area contributed by atoms with E-state index in [-0.39, 0.29) is 0 Å². The average molecular weight is 327 g/mol. The minimum atomic E-state index is -0.531. The molecular weight excluding hydrogens is 300 g/mol. The highest BCUT2D eigenvalue weighted by Gasteiger charge is 2.27. The summed E-state index contributed by atoms with van der Waals surface area (Å²) < 4.78 is 5.19. The fourth-order valence-corrected chi connectivity index (χ4v) is 3.36. The van der Waals surface area contributed by atoms with Gasteiger partial charge in [0.2, 0.25) is 0 Å². The topological polar surface area (TPSA) is 35.9 Å². The molecule has 0 aromatic heterocycles. The van der Waals surface area contributed by atoms with E-state index in [0.717, 1.165) is 44.8 Å². The zero-order valence-corrected chi connectivity index (χ0v) is 14.3. The highest BCUT2D eigenvalue weighted by molar-refractivity contribution is 6.31. The van der Waals surface area contributed by atoms with E-state index in [2.05, 4.69) is 16.7 Å². The van der Waals surface area contributed by atoms with E-state index in [9.17, 15) is 5.11 Å². The standard InChI is InChI=1S/C17H27ClN2O2/c1-3-14-12-19(8-9-20(14)10-11-22-2)13-17(21)15-6-4-5-7-16(15)18/h4-7,14,17,21H,3,8-13H2,1-2H3/t14-,17-/m0/s1. The molecule has 0 radical (unpaired) electrons. The SMILES string of the molecule is CC[C@H]1CN(C[C@H](O)c2ccccc2Cl)CCN1CCOC. The van der Waals surface area contributed by atoms with E-state index in [0.29, 0.717) is 17.6 Å². The van der Waals surface area contributed by atoms with E-state index in [1.54, 1.807) is 7.11 Å². The number of aliphatic hydroxyl groups is 1. The van der Waals surface area contributed by atoms with Gasteiger partial charge in [-0.3, -0.25) is 9.80 Å². The average Bonchev–Trinajstić information content (AvgIpc) is 2.53. The van der Waals surface area contributed by atoms with Crippen LogP contribution in [0.25, 0.3) is 0 Å². The zero-order chi connectivity index (χ0) is 15.9. The van der Waals surface area contributed by atoms with Crippen molar-refractivity contribution in [2.24, 2.45) is 0 Å². The molecule has 4 nitrogen and oxygen atoms in total. The van der Waals surface area contributed by atoms with Gasteiger partial charge in [-0.2, -0.15) is 0 Å². The molecule has 2 rings (SSSR count). The Kier molecular flexibility index (Phi) is 7.12. The first-order valence-electron chi connectivity index (χ1n) is 8.03. The van der Waals surface area contributed by atoms with Crippen LogP contribution in [0.3, 0.4) is 0 Å². The van der Waals surface area contributed by atoms with E-state index in [4.69, 9.17) is 16.3 Å². The largest absolute Gasteiger partial charge is 0.387 e. The summed E-state index contributed by atoms with van der Waals surface area (Å²) in [4.78, 5) is 4.83. The summed E-state index contributed by atoms with van der Waals surface area (Å²) in [6, 6.07) is 8.07. The van der Waals surface area contributed by atoms with Crippen molar-refractivity contribution in [1.29, 1.82) is 0 Å². The predicted octanol–water partition coefficient (Wildman–Crippen LogP) is 2.42. The number of benzene rings is 1. The number of nitrogens with zero attached hydrogens (tertiary/aromatic N) is 2. The van der Waals surface area contributed by atoms with E-state index in [1.807, 2.05) is 24.3 Å². The fourth-order valence-electron chi connectivity index (χ4n) is 3.10. The van der Waals surface area contributed by atoms with Crippen LogP contribution in [0.4, 0.5) is 0 Å². The third kappa shape index (κ3) is 4.67. The van der Waals surface area contributed by atoms with Crippen LogP contribution in [0.2, 0.25) is 5.02 Å². The van der Waals surface area contributed by atoms with Gasteiger partial charge in [-0.25, -0.2) is 0 Å². The predicted molar refractivity (Wildman–Crippen MR) is 90.4 cm³/mol. The van der Waals surface area contributed by atoms with Gasteiger partial charge in [0.05, 0.1) is 12.7 Å². The first kappa shape index (κ1) is 17.7. The molecule has 0 saturated carbocycles. The molecule has 0 aliphatic carbocycles. The molecule has 1 N–H and O–H groups in total. The molecule has 1 saturated heterocycles. The lowest BCUT2D eigenvalue weighted by Crippen LogP contribution is -2.54. The van der Waals surface area contributed by atoms with Gasteiger partial charge in [0.1, 0.15) is 0 Å². The number of methoxy groups -OCH3 is 1. The molecule has 2 atom stereocenters.